The molecule has 2 aromatic rings. The summed E-state index contributed by atoms with van der Waals surface area (Å²) < 4.78 is 0. The van der Waals surface area contributed by atoms with Gasteiger partial charge in [0.25, 0.3) is 0 Å². The molecule has 55 heteroatoms. The Morgan fingerprint density at radius 3 is 0.980 bits per heavy atom. The zero-order valence-electron chi connectivity index (χ0n) is 86.4. The van der Waals surface area contributed by atoms with Gasteiger partial charge in [0.1, 0.15) is 102 Å². The molecule has 16 atom stereocenters. The first-order valence-corrected chi connectivity index (χ1v) is 48.9. The summed E-state index contributed by atoms with van der Waals surface area (Å²) in [5, 5.41) is 117. The molecular weight excluding hydrogens is 1920 g/mol. The lowest BCUT2D eigenvalue weighted by atomic mass is 9.97. The van der Waals surface area contributed by atoms with Crippen molar-refractivity contribution in [2.24, 2.45) is 64.2 Å². The van der Waals surface area contributed by atoms with Crippen LogP contribution in [0.4, 0.5) is 0 Å². The Morgan fingerprint density at radius 2 is 0.612 bits per heavy atom. The van der Waals surface area contributed by atoms with Gasteiger partial charge in [-0.15, -0.1) is 0 Å². The van der Waals surface area contributed by atoms with Crippen molar-refractivity contribution < 1.29 is 106 Å². The van der Waals surface area contributed by atoms with Gasteiger partial charge in [-0.1, -0.05) is 95.2 Å². The molecule has 0 radical (unpaired) electrons. The van der Waals surface area contributed by atoms with Gasteiger partial charge >= 0.3 is 5.97 Å². The highest BCUT2D eigenvalue weighted by molar-refractivity contribution is 6.02. The number of nitrogens with one attached hydrogen (secondary N) is 27. The van der Waals surface area contributed by atoms with E-state index in [0.29, 0.717) is 11.3 Å². The average Bonchev–Trinajstić information content (AvgIpc) is 1.37. The highest BCUT2D eigenvalue weighted by atomic mass is 16.4. The Balaban J connectivity index is 2.46. The molecule has 0 aliphatic rings. The quantitative estimate of drug-likeness (QED) is 0.0166. The fourth-order valence-corrected chi connectivity index (χ4v) is 14.5. The number of aliphatic hydroxyl groups is 1. The number of aliphatic hydroxyl groups excluding tert-OH is 1. The number of rotatable bonds is 69. The van der Waals surface area contributed by atoms with Gasteiger partial charge in [-0.2, -0.15) is 0 Å². The minimum absolute atomic E-state index is 0.00148. The number of imidazole rings is 1. The highest BCUT2D eigenvalue weighted by Gasteiger charge is 2.40. The van der Waals surface area contributed by atoms with Gasteiger partial charge in [-0.3, -0.25) is 113 Å². The van der Waals surface area contributed by atoms with Crippen molar-refractivity contribution in [3.05, 3.63) is 48.0 Å². The molecule has 0 bridgehead atoms. The topological polar surface area (TPSA) is 904 Å². The monoisotopic (exact) mass is 2080 g/mol. The Labute approximate surface area is 854 Å². The second-order valence-corrected chi connectivity index (χ2v) is 38.2. The van der Waals surface area contributed by atoms with E-state index in [1.165, 1.54) is 57.6 Å². The predicted molar refractivity (Wildman–Crippen MR) is 541 cm³/mol. The summed E-state index contributed by atoms with van der Waals surface area (Å²) in [7, 11) is 0. The number of carbonyl (C=O) groups is 19. The molecule has 0 saturated heterocycles. The summed E-state index contributed by atoms with van der Waals surface area (Å²) in [4.78, 5) is 272. The van der Waals surface area contributed by atoms with Crippen LogP contribution in [0.15, 0.2) is 36.8 Å². The van der Waals surface area contributed by atoms with Gasteiger partial charge in [-0.25, -0.2) is 4.98 Å². The summed E-state index contributed by atoms with van der Waals surface area (Å²) in [6.07, 6.45) is 1.76. The van der Waals surface area contributed by atoms with Crippen LogP contribution < -0.4 is 146 Å². The number of hydrogen-bond acceptors (Lipinski definition) is 27. The molecule has 1 aromatic heterocycles. The Hall–Kier alpha value is -14.8. The van der Waals surface area contributed by atoms with E-state index in [9.17, 15) is 106 Å². The molecule has 40 N–H and O–H groups in total. The number of aromatic nitrogens is 2. The van der Waals surface area contributed by atoms with Gasteiger partial charge in [0.15, 0.2) is 23.8 Å². The number of aliphatic carboxylic acids is 1. The Kier molecular flexibility index (Phi) is 58.4. The fraction of sp³-hybridized carbons (Fsp3) is 0.652. The molecule has 55 nitrogen and oxygen atoms in total. The normalized spacial score (nSPS) is 14.4. The van der Waals surface area contributed by atoms with E-state index in [2.05, 4.69) is 127 Å². The van der Waals surface area contributed by atoms with E-state index >= 15 is 0 Å². The minimum atomic E-state index is -1.71. The largest absolute Gasteiger partial charge is 0.508 e. The molecule has 0 aliphatic heterocycles. The van der Waals surface area contributed by atoms with Crippen LogP contribution >= 0.6 is 0 Å². The van der Waals surface area contributed by atoms with Crippen LogP contribution in [0.25, 0.3) is 0 Å². The number of carboxylic acid groups (broad SMARTS) is 1. The number of benzene rings is 1. The first-order chi connectivity index (χ1) is 68.9. The van der Waals surface area contributed by atoms with E-state index < -0.39 is 259 Å². The number of nitrogens with zero attached hydrogens (tertiary/aromatic N) is 1. The van der Waals surface area contributed by atoms with Crippen molar-refractivity contribution in [3.63, 3.8) is 0 Å². The SMILES string of the molecule is CC(C)C[C@H](NC(=O)CNC(=O)[C@H](CCCNC(=N)N)NC(=O)[C@H](C)NC(=O)[C@H](C)NC(=O)[C@H](CCCNC(=N)N)NC(=O)[C@H](CC(C)C)NC(=O)[C@@H](NC(=O)[C@H](CC(C)C)NC(=O)[C@H](CC(C)C)NC(=O)[C@H](CO)NC(=O)[C@H](CCCNC(=N)N)NC(=O)CNC(=O)CN)C(C)C)C(=O)N[C@@H](Cc1ccc(O)cc1)C(=O)N[C@@H](CCCNC(=N)N)C(=O)N[C@@H](CC(C)C)C(=O)N[C@@H](Cc1c[nH]cn1)C(=O)N[C@@H](C)C(=O)O. The number of amides is 18. The van der Waals surface area contributed by atoms with E-state index in [-0.39, 0.29) is 164 Å². The van der Waals surface area contributed by atoms with Gasteiger partial charge in [0.2, 0.25) is 106 Å². The molecule has 0 saturated carbocycles. The van der Waals surface area contributed by atoms with Crippen molar-refractivity contribution in [2.45, 2.75) is 297 Å². The average molecular weight is 2080 g/mol. The number of phenols is 1. The number of H-pyrrole nitrogens is 1. The molecule has 2 rings (SSSR count). The van der Waals surface area contributed by atoms with Crippen LogP contribution in [-0.4, -0.2) is 311 Å². The first kappa shape index (κ1) is 128. The highest BCUT2D eigenvalue weighted by Crippen LogP contribution is 2.19. The molecule has 824 valence electrons. The van der Waals surface area contributed by atoms with Crippen molar-refractivity contribution >= 4 is 136 Å². The van der Waals surface area contributed by atoms with E-state index in [1.807, 2.05) is 0 Å². The van der Waals surface area contributed by atoms with E-state index in [1.54, 1.807) is 83.1 Å². The predicted octanol–water partition coefficient (Wildman–Crippen LogP) is -8.08. The molecule has 18 amide bonds. The summed E-state index contributed by atoms with van der Waals surface area (Å²) in [6.45, 7) is 21.5. The molecule has 1 aromatic carbocycles. The second-order valence-electron chi connectivity index (χ2n) is 38.2. The van der Waals surface area contributed by atoms with Crippen LogP contribution in [0.2, 0.25) is 0 Å². The van der Waals surface area contributed by atoms with Gasteiger partial charge in [-0.05, 0) is 157 Å². The van der Waals surface area contributed by atoms with Crippen molar-refractivity contribution in [1.82, 2.24) is 127 Å². The number of nitrogens with two attached hydrogens (primary N) is 5. The zero-order chi connectivity index (χ0) is 111. The number of aromatic amines is 1. The molecule has 1 heterocycles. The first-order valence-electron chi connectivity index (χ1n) is 48.9. The van der Waals surface area contributed by atoms with Crippen molar-refractivity contribution in [3.8, 4) is 5.75 Å². The molecule has 0 unspecified atom stereocenters. The summed E-state index contributed by atoms with van der Waals surface area (Å²) in [5.74, 6) is -21.7. The molecule has 0 aliphatic carbocycles. The third-order valence-electron chi connectivity index (χ3n) is 22.2. The molecule has 147 heavy (non-hydrogen) atoms. The van der Waals surface area contributed by atoms with Gasteiger partial charge in [0.05, 0.1) is 38.3 Å². The summed E-state index contributed by atoms with van der Waals surface area (Å²) >= 11 is 0. The van der Waals surface area contributed by atoms with E-state index in [0.717, 1.165) is 0 Å². The maximum Gasteiger partial charge on any atom is 0.325 e. The van der Waals surface area contributed by atoms with Crippen LogP contribution in [0.3, 0.4) is 0 Å². The van der Waals surface area contributed by atoms with Crippen LogP contribution in [0.1, 0.15) is 199 Å². The summed E-state index contributed by atoms with van der Waals surface area (Å²) in [6, 6.07) is -17.8. The number of carboxylic acids is 1. The smallest absolute Gasteiger partial charge is 0.325 e. The van der Waals surface area contributed by atoms with Crippen LogP contribution in [-0.2, 0) is 104 Å². The lowest BCUT2D eigenvalue weighted by molar-refractivity contribution is -0.142. The molecule has 0 fully saturated rings. The fourth-order valence-electron chi connectivity index (χ4n) is 14.5. The zero-order valence-corrected chi connectivity index (χ0v) is 86.4. The standard InChI is InChI=1S/C92H159N33O22/c1-45(2)32-61(80(138)121-66(37-54-24-26-56(127)27-25-54)84(142)117-60(23-19-31-106-92(100)101)78(136)118-62(33-46(3)4)83(141)122-67(38-55-40-102-44-109-55)79(137)112-53(15)88(146)147)114-71(130)42-108-75(133)57(20-16-28-103-89(94)95)115-74(132)52(14)110-73(131)51(13)111-76(134)59(22-18-30-105-91(98)99)116-81(139)64(35-48(7)8)123-87(145)72(50(11)12)125-85(143)65(36-49(9)10)119-82(140)63(34-47(5)6)120-86(144)68(43-126)124-77(135)58(21-17-29-104-90(96)97)113-70(129)41-107-69(128)39-93/h24-27,40,44-53,57-68,72,126-127H,16-23,28-39,41-43,93H2,1-15H3,(H,102,109)(H,107,128)(H,108,133)(H,110,131)(H,111,134)(H,112,137)(H,113,129)(H,114,130)(H,115,132)(H,116,139)(H,117,142)(H,118,136)(H,119,140)(H,120,144)(H,121,138)(H,122,141)(H,123,145)(H,124,135)(H,125,143)(H,146,147)(H4,94,95,103)(H4,96,97,104)(H4,98,99,105)(H4,100,101,106)/t51-,52-,53-,57-,58-,59-,60-,61-,62-,63-,64-,65-,66-,67-,68-,72-/m0/s1. The minimum Gasteiger partial charge on any atom is -0.508 e. The molecular formula is C92H159N33O22. The Bertz CT molecular complexity index is 4710. The van der Waals surface area contributed by atoms with E-state index in [4.69, 9.17) is 50.3 Å². The lowest BCUT2D eigenvalue weighted by Crippen LogP contribution is -2.61. The lowest BCUT2D eigenvalue weighted by Gasteiger charge is -2.30. The van der Waals surface area contributed by atoms with Crippen LogP contribution in [0.5, 0.6) is 5.75 Å². The number of hydrogen-bond donors (Lipinski definition) is 35. The third-order valence-corrected chi connectivity index (χ3v) is 22.2. The number of phenolic OH excluding ortho intramolecular Hbond substituents is 1. The number of guanidine groups is 4. The van der Waals surface area contributed by atoms with Crippen molar-refractivity contribution in [2.75, 3.05) is 52.4 Å². The summed E-state index contributed by atoms with van der Waals surface area (Å²) in [5.41, 5.74) is 28.0. The van der Waals surface area contributed by atoms with Crippen LogP contribution in [0, 0.1) is 57.1 Å². The number of carbonyl (C=O) groups excluding carboxylic acids is 18. The maximum atomic E-state index is 14.9. The maximum absolute atomic E-state index is 14.9. The van der Waals surface area contributed by atoms with Gasteiger partial charge in [0, 0.05) is 45.2 Å². The van der Waals surface area contributed by atoms with Crippen molar-refractivity contribution in [1.29, 1.82) is 21.6 Å². The molecule has 0 spiro atoms. The number of aromatic hydroxyl groups is 1. The second kappa shape index (κ2) is 67.0. The van der Waals surface area contributed by atoms with Gasteiger partial charge < -0.3 is 166 Å². The third kappa shape index (κ3) is 52.5. The Morgan fingerprint density at radius 1 is 0.327 bits per heavy atom.